The number of amides is 1. The van der Waals surface area contributed by atoms with Crippen LogP contribution in [0.2, 0.25) is 0 Å². The van der Waals surface area contributed by atoms with E-state index in [-0.39, 0.29) is 18.9 Å². The Balaban J connectivity index is 1.35. The molecule has 2 N–H and O–H groups in total. The molecular formula is C30H27NO4. The topological polar surface area (TPSA) is 75.6 Å². The van der Waals surface area contributed by atoms with E-state index in [9.17, 15) is 14.7 Å². The van der Waals surface area contributed by atoms with E-state index in [0.29, 0.717) is 5.57 Å². The summed E-state index contributed by atoms with van der Waals surface area (Å²) in [5.74, 6) is -1.26. The van der Waals surface area contributed by atoms with Crippen molar-refractivity contribution in [2.75, 3.05) is 6.61 Å². The number of alkyl carbamates (subject to hydrolysis) is 1. The highest BCUT2D eigenvalue weighted by atomic mass is 16.5. The third-order valence-electron chi connectivity index (χ3n) is 6.06. The number of hydrogen-bond acceptors (Lipinski definition) is 3. The summed E-state index contributed by atoms with van der Waals surface area (Å²) in [7, 11) is 0. The molecule has 0 saturated carbocycles. The number of carboxylic acid groups (broad SMARTS) is 1. The number of carboxylic acids is 1. The second kappa shape index (κ2) is 10.7. The molecule has 4 rings (SSSR count). The van der Waals surface area contributed by atoms with Crippen molar-refractivity contribution in [3.8, 4) is 11.1 Å². The lowest BCUT2D eigenvalue weighted by molar-refractivity contribution is -0.139. The number of carbonyl (C=O) groups is 2. The first-order chi connectivity index (χ1) is 16.9. The largest absolute Gasteiger partial charge is 0.480 e. The highest BCUT2D eigenvalue weighted by Crippen LogP contribution is 2.44. The van der Waals surface area contributed by atoms with E-state index in [2.05, 4.69) is 30.6 Å². The van der Waals surface area contributed by atoms with E-state index in [1.54, 1.807) is 12.2 Å². The van der Waals surface area contributed by atoms with Crippen LogP contribution < -0.4 is 5.32 Å². The van der Waals surface area contributed by atoms with Gasteiger partial charge in [-0.1, -0.05) is 110 Å². The first kappa shape index (κ1) is 23.8. The molecule has 1 aliphatic rings. The average Bonchev–Trinajstić information content (AvgIpc) is 3.20. The van der Waals surface area contributed by atoms with Gasteiger partial charge < -0.3 is 15.2 Å². The summed E-state index contributed by atoms with van der Waals surface area (Å²) in [6.07, 6.45) is 2.76. The van der Waals surface area contributed by atoms with Crippen LogP contribution in [0.3, 0.4) is 0 Å². The van der Waals surface area contributed by atoms with Gasteiger partial charge in [0.1, 0.15) is 12.6 Å². The Morgan fingerprint density at radius 1 is 0.886 bits per heavy atom. The van der Waals surface area contributed by atoms with Crippen molar-refractivity contribution < 1.29 is 19.4 Å². The molecule has 0 fully saturated rings. The average molecular weight is 466 g/mol. The molecule has 0 aromatic heterocycles. The standard InChI is InChI=1S/C30H27NO4/c1-20(16-17-21(2)22-10-4-3-5-11-22)18-28(29(32)33)31-30(34)35-19-27-25-14-8-6-12-23(25)24-13-7-9-15-26(24)27/h3-17,27-28H,1-2,18-19H2,(H,31,34)(H,32,33)/b17-16-. The smallest absolute Gasteiger partial charge is 0.407 e. The Kier molecular flexibility index (Phi) is 7.27. The summed E-state index contributed by atoms with van der Waals surface area (Å²) in [4.78, 5) is 24.3. The Bertz CT molecular complexity index is 1250. The Hall–Kier alpha value is -4.38. The van der Waals surface area contributed by atoms with Crippen LogP contribution in [0.5, 0.6) is 0 Å². The predicted octanol–water partition coefficient (Wildman–Crippen LogP) is 6.19. The summed E-state index contributed by atoms with van der Waals surface area (Å²) < 4.78 is 5.48. The zero-order chi connectivity index (χ0) is 24.8. The Morgan fingerprint density at radius 2 is 1.46 bits per heavy atom. The minimum atomic E-state index is -1.16. The van der Waals surface area contributed by atoms with Crippen molar-refractivity contribution in [1.29, 1.82) is 0 Å². The molecule has 0 radical (unpaired) electrons. The van der Waals surface area contributed by atoms with Crippen LogP contribution in [0.1, 0.15) is 29.0 Å². The molecule has 1 amide bonds. The van der Waals surface area contributed by atoms with E-state index in [1.165, 1.54) is 0 Å². The van der Waals surface area contributed by atoms with Crippen LogP contribution >= 0.6 is 0 Å². The van der Waals surface area contributed by atoms with Crippen LogP contribution in [0.15, 0.2) is 110 Å². The SMILES string of the molecule is C=C(/C=C\C(=C)c1ccccc1)CC(NC(=O)OCC1c2ccccc2-c2ccccc21)C(=O)O. The second-order valence-electron chi connectivity index (χ2n) is 8.45. The molecule has 35 heavy (non-hydrogen) atoms. The number of allylic oxidation sites excluding steroid dienone is 3. The number of benzene rings is 3. The van der Waals surface area contributed by atoms with Crippen LogP contribution in [0, 0.1) is 0 Å². The normalized spacial score (nSPS) is 13.0. The summed E-state index contributed by atoms with van der Waals surface area (Å²) >= 11 is 0. The zero-order valence-corrected chi connectivity index (χ0v) is 19.3. The molecule has 1 unspecified atom stereocenters. The number of rotatable bonds is 9. The van der Waals surface area contributed by atoms with Gasteiger partial charge in [0, 0.05) is 12.3 Å². The summed E-state index contributed by atoms with van der Waals surface area (Å²) in [5, 5.41) is 12.1. The molecule has 1 aliphatic carbocycles. The van der Waals surface area contributed by atoms with Gasteiger partial charge >= 0.3 is 12.1 Å². The minimum Gasteiger partial charge on any atom is -0.480 e. The molecule has 176 valence electrons. The molecule has 3 aromatic carbocycles. The number of nitrogens with one attached hydrogen (secondary N) is 1. The van der Waals surface area contributed by atoms with Gasteiger partial charge in [-0.05, 0) is 33.4 Å². The van der Waals surface area contributed by atoms with Crippen LogP contribution in [0.4, 0.5) is 4.79 Å². The van der Waals surface area contributed by atoms with Gasteiger partial charge in [-0.2, -0.15) is 0 Å². The summed E-state index contributed by atoms with van der Waals surface area (Å²) in [6.45, 7) is 8.06. The maximum atomic E-state index is 12.5. The van der Waals surface area contributed by atoms with Crippen molar-refractivity contribution in [3.63, 3.8) is 0 Å². The van der Waals surface area contributed by atoms with Crippen molar-refractivity contribution in [2.45, 2.75) is 18.4 Å². The van der Waals surface area contributed by atoms with Gasteiger partial charge in [0.05, 0.1) is 0 Å². The third kappa shape index (κ3) is 5.58. The van der Waals surface area contributed by atoms with Gasteiger partial charge in [0.15, 0.2) is 0 Å². The summed E-state index contributed by atoms with van der Waals surface area (Å²) in [5.41, 5.74) is 6.72. The lowest BCUT2D eigenvalue weighted by Crippen LogP contribution is -2.41. The minimum absolute atomic E-state index is 0.0398. The van der Waals surface area contributed by atoms with Crippen molar-refractivity contribution in [2.24, 2.45) is 0 Å². The number of ether oxygens (including phenoxy) is 1. The highest BCUT2D eigenvalue weighted by molar-refractivity contribution is 5.81. The van der Waals surface area contributed by atoms with E-state index in [0.717, 1.165) is 33.4 Å². The summed E-state index contributed by atoms with van der Waals surface area (Å²) in [6, 6.07) is 24.5. The van der Waals surface area contributed by atoms with Gasteiger partial charge in [-0.3, -0.25) is 0 Å². The molecule has 0 saturated heterocycles. The number of fused-ring (bicyclic) bond motifs is 3. The van der Waals surface area contributed by atoms with Crippen LogP contribution in [0.25, 0.3) is 16.7 Å². The Labute approximate surface area is 205 Å². The molecule has 1 atom stereocenters. The monoisotopic (exact) mass is 465 g/mol. The van der Waals surface area contributed by atoms with Crippen molar-refractivity contribution in [1.82, 2.24) is 5.32 Å². The maximum absolute atomic E-state index is 12.5. The third-order valence-corrected chi connectivity index (χ3v) is 6.06. The van der Waals surface area contributed by atoms with Gasteiger partial charge in [-0.15, -0.1) is 0 Å². The van der Waals surface area contributed by atoms with Crippen molar-refractivity contribution >= 4 is 17.6 Å². The van der Waals surface area contributed by atoms with E-state index >= 15 is 0 Å². The fourth-order valence-electron chi connectivity index (χ4n) is 4.28. The molecule has 0 spiro atoms. The fourth-order valence-corrected chi connectivity index (χ4v) is 4.28. The molecule has 0 heterocycles. The van der Waals surface area contributed by atoms with Crippen LogP contribution in [-0.2, 0) is 9.53 Å². The number of carbonyl (C=O) groups excluding carboxylic acids is 1. The lowest BCUT2D eigenvalue weighted by atomic mass is 9.98. The van der Waals surface area contributed by atoms with Gasteiger partial charge in [0.25, 0.3) is 0 Å². The fraction of sp³-hybridized carbons (Fsp3) is 0.133. The maximum Gasteiger partial charge on any atom is 0.407 e. The molecule has 5 nitrogen and oxygen atoms in total. The Morgan fingerprint density at radius 3 is 2.06 bits per heavy atom. The predicted molar refractivity (Wildman–Crippen MR) is 138 cm³/mol. The van der Waals surface area contributed by atoms with Gasteiger partial charge in [-0.25, -0.2) is 9.59 Å². The number of aliphatic carboxylic acids is 1. The zero-order valence-electron chi connectivity index (χ0n) is 19.3. The highest BCUT2D eigenvalue weighted by Gasteiger charge is 2.29. The van der Waals surface area contributed by atoms with Gasteiger partial charge in [0.2, 0.25) is 0 Å². The van der Waals surface area contributed by atoms with Crippen LogP contribution in [-0.4, -0.2) is 29.8 Å². The lowest BCUT2D eigenvalue weighted by Gasteiger charge is -2.17. The van der Waals surface area contributed by atoms with E-state index < -0.39 is 18.1 Å². The first-order valence-electron chi connectivity index (χ1n) is 11.4. The quantitative estimate of drug-likeness (QED) is 0.369. The first-order valence-corrected chi connectivity index (χ1v) is 11.4. The molecule has 3 aromatic rings. The van der Waals surface area contributed by atoms with E-state index in [1.807, 2.05) is 66.7 Å². The van der Waals surface area contributed by atoms with Crippen molar-refractivity contribution in [3.05, 3.63) is 126 Å². The molecular weight excluding hydrogens is 438 g/mol. The number of hydrogen-bond donors (Lipinski definition) is 2. The van der Waals surface area contributed by atoms with E-state index in [4.69, 9.17) is 4.74 Å². The molecule has 0 bridgehead atoms. The molecule has 0 aliphatic heterocycles. The second-order valence-corrected chi connectivity index (χ2v) is 8.45. The molecule has 5 heteroatoms.